The Morgan fingerprint density at radius 1 is 1.33 bits per heavy atom. The van der Waals surface area contributed by atoms with Crippen LogP contribution in [0.5, 0.6) is 0 Å². The molecule has 0 aromatic carbocycles. The Labute approximate surface area is 110 Å². The summed E-state index contributed by atoms with van der Waals surface area (Å²) in [5, 5.41) is 3.31. The standard InChI is InChI=1S/C13H25NO3S/c1-2-3-6-17-7-5-13(10-14-11-13)12-4-8-18(15,16)9-12/h12,14H,2-11H2,1H3. The van der Waals surface area contributed by atoms with Crippen LogP contribution in [0.4, 0.5) is 0 Å². The summed E-state index contributed by atoms with van der Waals surface area (Å²) in [4.78, 5) is 0. The van der Waals surface area contributed by atoms with Crippen LogP contribution in [-0.4, -0.2) is 46.2 Å². The maximum Gasteiger partial charge on any atom is 0.150 e. The zero-order valence-electron chi connectivity index (χ0n) is 11.3. The predicted molar refractivity (Wildman–Crippen MR) is 72.4 cm³/mol. The highest BCUT2D eigenvalue weighted by atomic mass is 32.2. The quantitative estimate of drug-likeness (QED) is 0.710. The van der Waals surface area contributed by atoms with Crippen LogP contribution >= 0.6 is 0 Å². The first-order valence-electron chi connectivity index (χ1n) is 7.07. The fraction of sp³-hybridized carbons (Fsp3) is 1.00. The molecule has 0 bridgehead atoms. The third-order valence-electron chi connectivity index (χ3n) is 4.44. The molecule has 0 aromatic rings. The van der Waals surface area contributed by atoms with Gasteiger partial charge in [0.2, 0.25) is 0 Å². The van der Waals surface area contributed by atoms with Gasteiger partial charge in [-0.2, -0.15) is 0 Å². The van der Waals surface area contributed by atoms with Crippen LogP contribution in [0.15, 0.2) is 0 Å². The van der Waals surface area contributed by atoms with Crippen LogP contribution in [0.2, 0.25) is 0 Å². The van der Waals surface area contributed by atoms with Gasteiger partial charge < -0.3 is 10.1 Å². The lowest BCUT2D eigenvalue weighted by Crippen LogP contribution is -2.58. The Morgan fingerprint density at radius 2 is 2.11 bits per heavy atom. The average molecular weight is 275 g/mol. The van der Waals surface area contributed by atoms with Gasteiger partial charge in [-0.15, -0.1) is 0 Å². The highest BCUT2D eigenvalue weighted by Gasteiger charge is 2.47. The van der Waals surface area contributed by atoms with Crippen LogP contribution in [0, 0.1) is 11.3 Å². The summed E-state index contributed by atoms with van der Waals surface area (Å²) >= 11 is 0. The molecule has 2 heterocycles. The van der Waals surface area contributed by atoms with Gasteiger partial charge in [-0.1, -0.05) is 13.3 Å². The molecular formula is C13H25NO3S. The van der Waals surface area contributed by atoms with Crippen molar-refractivity contribution in [3.05, 3.63) is 0 Å². The molecular weight excluding hydrogens is 250 g/mol. The molecule has 4 nitrogen and oxygen atoms in total. The molecule has 0 radical (unpaired) electrons. The van der Waals surface area contributed by atoms with E-state index in [-0.39, 0.29) is 5.41 Å². The summed E-state index contributed by atoms with van der Waals surface area (Å²) in [5.74, 6) is 1.12. The highest BCUT2D eigenvalue weighted by molar-refractivity contribution is 7.91. The van der Waals surface area contributed by atoms with Crippen LogP contribution in [0.1, 0.15) is 32.6 Å². The normalized spacial score (nSPS) is 29.1. The Kier molecular flexibility index (Phi) is 4.67. The topological polar surface area (TPSA) is 55.4 Å². The van der Waals surface area contributed by atoms with Crippen LogP contribution < -0.4 is 5.32 Å². The van der Waals surface area contributed by atoms with Crippen molar-refractivity contribution >= 4 is 9.84 Å². The van der Waals surface area contributed by atoms with Crippen molar-refractivity contribution < 1.29 is 13.2 Å². The van der Waals surface area contributed by atoms with E-state index in [0.29, 0.717) is 17.4 Å². The van der Waals surface area contributed by atoms with Crippen molar-refractivity contribution in [1.82, 2.24) is 5.32 Å². The molecule has 2 rings (SSSR count). The third-order valence-corrected chi connectivity index (χ3v) is 6.21. The first-order chi connectivity index (χ1) is 8.58. The van der Waals surface area contributed by atoms with Gasteiger partial charge in [-0.05, 0) is 25.2 Å². The molecule has 0 spiro atoms. The van der Waals surface area contributed by atoms with Gasteiger partial charge >= 0.3 is 0 Å². The number of hydrogen-bond acceptors (Lipinski definition) is 4. The van der Waals surface area contributed by atoms with Gasteiger partial charge in [0.15, 0.2) is 9.84 Å². The summed E-state index contributed by atoms with van der Waals surface area (Å²) in [6, 6.07) is 0. The Balaban J connectivity index is 1.80. The minimum absolute atomic E-state index is 0.190. The van der Waals surface area contributed by atoms with Gasteiger partial charge in [-0.25, -0.2) is 8.42 Å². The Morgan fingerprint density at radius 3 is 2.61 bits per heavy atom. The SMILES string of the molecule is CCCCOCCC1(C2CCS(=O)(=O)C2)CNC1. The zero-order chi connectivity index (χ0) is 13.1. The molecule has 1 unspecified atom stereocenters. The molecule has 0 aliphatic carbocycles. The zero-order valence-corrected chi connectivity index (χ0v) is 12.1. The molecule has 2 aliphatic heterocycles. The number of sulfone groups is 1. The van der Waals surface area contributed by atoms with Crippen LogP contribution in [0.25, 0.3) is 0 Å². The van der Waals surface area contributed by atoms with Crippen molar-refractivity contribution in [2.24, 2.45) is 11.3 Å². The summed E-state index contributed by atoms with van der Waals surface area (Å²) in [6.45, 7) is 5.69. The molecule has 2 aliphatic rings. The highest BCUT2D eigenvalue weighted by Crippen LogP contribution is 2.41. The first kappa shape index (κ1) is 14.3. The Hall–Kier alpha value is -0.130. The smallest absolute Gasteiger partial charge is 0.150 e. The van der Waals surface area contributed by atoms with E-state index in [1.54, 1.807) is 0 Å². The van der Waals surface area contributed by atoms with Gasteiger partial charge in [0.25, 0.3) is 0 Å². The van der Waals surface area contributed by atoms with Gasteiger partial charge in [0.1, 0.15) is 0 Å². The maximum atomic E-state index is 11.6. The molecule has 0 saturated carbocycles. The fourth-order valence-corrected chi connectivity index (χ4v) is 4.96. The van der Waals surface area contributed by atoms with E-state index >= 15 is 0 Å². The molecule has 1 atom stereocenters. The molecule has 18 heavy (non-hydrogen) atoms. The van der Waals surface area contributed by atoms with Crippen molar-refractivity contribution in [3.63, 3.8) is 0 Å². The largest absolute Gasteiger partial charge is 0.381 e. The molecule has 2 fully saturated rings. The lowest BCUT2D eigenvalue weighted by Gasteiger charge is -2.47. The summed E-state index contributed by atoms with van der Waals surface area (Å²) in [6.07, 6.45) is 4.12. The average Bonchev–Trinajstić information content (AvgIpc) is 2.62. The van der Waals surface area contributed by atoms with E-state index in [4.69, 9.17) is 4.74 Å². The minimum Gasteiger partial charge on any atom is -0.381 e. The van der Waals surface area contributed by atoms with Gasteiger partial charge in [-0.3, -0.25) is 0 Å². The van der Waals surface area contributed by atoms with Crippen LogP contribution in [-0.2, 0) is 14.6 Å². The van der Waals surface area contributed by atoms with E-state index in [1.807, 2.05) is 0 Å². The van der Waals surface area contributed by atoms with Crippen molar-refractivity contribution in [3.8, 4) is 0 Å². The first-order valence-corrected chi connectivity index (χ1v) is 8.89. The number of unbranched alkanes of at least 4 members (excludes halogenated alkanes) is 1. The lowest BCUT2D eigenvalue weighted by molar-refractivity contribution is 0.0294. The fourth-order valence-electron chi connectivity index (χ4n) is 3.02. The number of ether oxygens (including phenoxy) is 1. The summed E-state index contributed by atoms with van der Waals surface area (Å²) in [5.41, 5.74) is 0.190. The maximum absolute atomic E-state index is 11.6. The second-order valence-electron chi connectivity index (χ2n) is 5.78. The monoisotopic (exact) mass is 275 g/mol. The van der Waals surface area contributed by atoms with E-state index in [2.05, 4.69) is 12.2 Å². The molecule has 5 heteroatoms. The molecule has 1 N–H and O–H groups in total. The number of rotatable bonds is 7. The number of nitrogens with one attached hydrogen (secondary N) is 1. The Bertz CT molecular complexity index is 362. The van der Waals surface area contributed by atoms with E-state index in [0.717, 1.165) is 52.0 Å². The van der Waals surface area contributed by atoms with Crippen molar-refractivity contribution in [2.45, 2.75) is 32.6 Å². The van der Waals surface area contributed by atoms with Gasteiger partial charge in [0.05, 0.1) is 11.5 Å². The molecule has 2 saturated heterocycles. The lowest BCUT2D eigenvalue weighted by atomic mass is 9.68. The number of hydrogen-bond donors (Lipinski definition) is 1. The molecule has 106 valence electrons. The van der Waals surface area contributed by atoms with Crippen molar-refractivity contribution in [2.75, 3.05) is 37.8 Å². The minimum atomic E-state index is -2.76. The van der Waals surface area contributed by atoms with Gasteiger partial charge in [0, 0.05) is 31.7 Å². The van der Waals surface area contributed by atoms with E-state index < -0.39 is 9.84 Å². The third kappa shape index (κ3) is 3.25. The predicted octanol–water partition coefficient (Wildman–Crippen LogP) is 1.22. The molecule has 0 amide bonds. The summed E-state index contributed by atoms with van der Waals surface area (Å²) < 4.78 is 28.8. The van der Waals surface area contributed by atoms with E-state index in [9.17, 15) is 8.42 Å². The summed E-state index contributed by atoms with van der Waals surface area (Å²) in [7, 11) is -2.76. The second kappa shape index (κ2) is 5.88. The molecule has 0 aromatic heterocycles. The second-order valence-corrected chi connectivity index (χ2v) is 8.01. The van der Waals surface area contributed by atoms with Crippen molar-refractivity contribution in [1.29, 1.82) is 0 Å². The van der Waals surface area contributed by atoms with E-state index in [1.165, 1.54) is 0 Å². The van der Waals surface area contributed by atoms with Crippen LogP contribution in [0.3, 0.4) is 0 Å².